The lowest BCUT2D eigenvalue weighted by molar-refractivity contribution is 1.54. The summed E-state index contributed by atoms with van der Waals surface area (Å²) in [7, 11) is 0. The van der Waals surface area contributed by atoms with Gasteiger partial charge in [-0.2, -0.15) is 0 Å². The molecule has 2 nitrogen and oxygen atoms in total. The van der Waals surface area contributed by atoms with Gasteiger partial charge in [-0.05, 0) is 68.1 Å². The first-order chi connectivity index (χ1) is 19.8. The molecule has 0 aliphatic rings. The minimum Gasteiger partial charge on any atom is -0.354 e. The third kappa shape index (κ3) is 2.99. The Bertz CT molecular complexity index is 2210. The number of hydrogen-bond acceptors (Lipinski definition) is 0. The van der Waals surface area contributed by atoms with Crippen LogP contribution in [0.3, 0.4) is 0 Å². The van der Waals surface area contributed by atoms with Crippen molar-refractivity contribution in [3.63, 3.8) is 0 Å². The minimum atomic E-state index is 1.17. The third-order valence-electron chi connectivity index (χ3n) is 8.52. The Morgan fingerprint density at radius 1 is 0.275 bits per heavy atom. The van der Waals surface area contributed by atoms with Gasteiger partial charge in [-0.15, -0.1) is 0 Å². The molecule has 2 aromatic heterocycles. The van der Waals surface area contributed by atoms with Gasteiger partial charge in [-0.3, -0.25) is 0 Å². The minimum absolute atomic E-state index is 1.17. The summed E-state index contributed by atoms with van der Waals surface area (Å²) in [6, 6.07) is 48.6. The van der Waals surface area contributed by atoms with E-state index in [0.29, 0.717) is 0 Å². The van der Waals surface area contributed by atoms with Crippen LogP contribution in [0.2, 0.25) is 0 Å². The van der Waals surface area contributed by atoms with E-state index < -0.39 is 0 Å². The van der Waals surface area contributed by atoms with Crippen molar-refractivity contribution in [3.8, 4) is 22.3 Å². The highest BCUT2D eigenvalue weighted by molar-refractivity contribution is 6.22. The first-order valence-corrected chi connectivity index (χ1v) is 13.8. The summed E-state index contributed by atoms with van der Waals surface area (Å²) in [6.07, 6.45) is 0. The number of aromatic nitrogens is 2. The van der Waals surface area contributed by atoms with Crippen LogP contribution in [-0.2, 0) is 0 Å². The Labute approximate surface area is 230 Å². The molecule has 0 fully saturated rings. The molecule has 0 bridgehead atoms. The fraction of sp³-hybridized carbons (Fsp3) is 0. The number of rotatable bonds is 2. The van der Waals surface area contributed by atoms with Crippen molar-refractivity contribution in [2.45, 2.75) is 0 Å². The summed E-state index contributed by atoms with van der Waals surface area (Å²) in [6.45, 7) is 0. The lowest BCUT2D eigenvalue weighted by atomic mass is 9.85. The van der Waals surface area contributed by atoms with Gasteiger partial charge in [0, 0.05) is 43.6 Å². The van der Waals surface area contributed by atoms with E-state index in [-0.39, 0.29) is 0 Å². The summed E-state index contributed by atoms with van der Waals surface area (Å²) in [5.41, 5.74) is 9.69. The lowest BCUT2D eigenvalue weighted by Gasteiger charge is -2.18. The van der Waals surface area contributed by atoms with Gasteiger partial charge in [0.1, 0.15) is 0 Å². The summed E-state index contributed by atoms with van der Waals surface area (Å²) in [5.74, 6) is 0. The van der Waals surface area contributed by atoms with Gasteiger partial charge >= 0.3 is 0 Å². The number of fused-ring (bicyclic) bond motifs is 8. The van der Waals surface area contributed by atoms with Crippen LogP contribution in [0.1, 0.15) is 0 Å². The molecule has 0 radical (unpaired) electrons. The fourth-order valence-electron chi connectivity index (χ4n) is 6.77. The van der Waals surface area contributed by atoms with Gasteiger partial charge in [-0.1, -0.05) is 109 Å². The van der Waals surface area contributed by atoms with Crippen molar-refractivity contribution in [3.05, 3.63) is 133 Å². The van der Waals surface area contributed by atoms with Gasteiger partial charge in [0.2, 0.25) is 0 Å². The molecule has 40 heavy (non-hydrogen) atoms. The Hall–Kier alpha value is -5.34. The van der Waals surface area contributed by atoms with Gasteiger partial charge in [0.15, 0.2) is 0 Å². The van der Waals surface area contributed by atoms with Crippen LogP contribution in [0.15, 0.2) is 133 Å². The van der Waals surface area contributed by atoms with Crippen LogP contribution >= 0.6 is 0 Å². The highest BCUT2D eigenvalue weighted by Gasteiger charge is 2.18. The molecule has 0 saturated carbocycles. The maximum Gasteiger partial charge on any atom is 0.0471 e. The molecule has 7 aromatic carbocycles. The SMILES string of the molecule is c1ccc2c(c1)[nH]c1cc(-c3c4ccccc4c(-c4ccc5c(c4)[nH]c4ccccc45)c4ccccc34)ccc12. The van der Waals surface area contributed by atoms with Crippen LogP contribution in [0.25, 0.3) is 87.4 Å². The number of H-pyrrole nitrogens is 2. The molecule has 0 saturated heterocycles. The van der Waals surface area contributed by atoms with Crippen molar-refractivity contribution in [1.29, 1.82) is 0 Å². The van der Waals surface area contributed by atoms with Crippen molar-refractivity contribution in [1.82, 2.24) is 9.97 Å². The summed E-state index contributed by atoms with van der Waals surface area (Å²) in [5, 5.41) is 10.1. The number of benzene rings is 7. The van der Waals surface area contributed by atoms with Gasteiger partial charge in [0.25, 0.3) is 0 Å². The first kappa shape index (κ1) is 21.6. The van der Waals surface area contributed by atoms with Crippen molar-refractivity contribution in [2.24, 2.45) is 0 Å². The molecule has 0 amide bonds. The Morgan fingerprint density at radius 2 is 0.600 bits per heavy atom. The molecule has 0 unspecified atom stereocenters. The van der Waals surface area contributed by atoms with Crippen molar-refractivity contribution >= 4 is 65.2 Å². The Morgan fingerprint density at radius 3 is 1.00 bits per heavy atom. The predicted octanol–water partition coefficient (Wildman–Crippen LogP) is 10.6. The molecule has 0 aliphatic heterocycles. The van der Waals surface area contributed by atoms with Crippen LogP contribution < -0.4 is 0 Å². The summed E-state index contributed by atoms with van der Waals surface area (Å²) >= 11 is 0. The maximum atomic E-state index is 3.65. The Kier molecular flexibility index (Phi) is 4.36. The van der Waals surface area contributed by atoms with Crippen LogP contribution in [0, 0.1) is 0 Å². The molecular weight excluding hydrogens is 484 g/mol. The van der Waals surface area contributed by atoms with Crippen LogP contribution in [0.5, 0.6) is 0 Å². The highest BCUT2D eigenvalue weighted by Crippen LogP contribution is 2.45. The van der Waals surface area contributed by atoms with Gasteiger partial charge in [0.05, 0.1) is 0 Å². The molecule has 186 valence electrons. The van der Waals surface area contributed by atoms with E-state index in [1.54, 1.807) is 0 Å². The van der Waals surface area contributed by atoms with Crippen LogP contribution in [-0.4, -0.2) is 9.97 Å². The molecule has 2 N–H and O–H groups in total. The predicted molar refractivity (Wildman–Crippen MR) is 171 cm³/mol. The van der Waals surface area contributed by atoms with E-state index in [0.717, 1.165) is 0 Å². The van der Waals surface area contributed by atoms with Crippen LogP contribution in [0.4, 0.5) is 0 Å². The normalized spacial score (nSPS) is 12.0. The molecule has 9 rings (SSSR count). The molecule has 2 heterocycles. The van der Waals surface area contributed by atoms with E-state index >= 15 is 0 Å². The summed E-state index contributed by atoms with van der Waals surface area (Å²) < 4.78 is 0. The lowest BCUT2D eigenvalue weighted by Crippen LogP contribution is -1.91. The average Bonchev–Trinajstić information content (AvgIpc) is 3.57. The smallest absolute Gasteiger partial charge is 0.0471 e. The second kappa shape index (κ2) is 8.08. The van der Waals surface area contributed by atoms with Gasteiger partial charge < -0.3 is 9.97 Å². The quantitative estimate of drug-likeness (QED) is 0.218. The van der Waals surface area contributed by atoms with E-state index in [1.807, 2.05) is 0 Å². The van der Waals surface area contributed by atoms with E-state index in [4.69, 9.17) is 0 Å². The average molecular weight is 509 g/mol. The molecular formula is C38H24N2. The van der Waals surface area contributed by atoms with Crippen molar-refractivity contribution < 1.29 is 0 Å². The van der Waals surface area contributed by atoms with Crippen molar-refractivity contribution in [2.75, 3.05) is 0 Å². The summed E-state index contributed by atoms with van der Waals surface area (Å²) in [4.78, 5) is 7.29. The standard InChI is InChI=1S/C38H24N2/c1-2-12-30-29(11-1)37(23-17-19-27-25-9-5-7-15-33(25)39-35(27)21-23)31-13-3-4-14-32(31)38(30)24-18-20-28-26-10-6-8-16-34(26)40-36(28)22-24/h1-22,39-40H. The monoisotopic (exact) mass is 508 g/mol. The Balaban J connectivity index is 1.35. The molecule has 9 aromatic rings. The number of nitrogens with one attached hydrogen (secondary N) is 2. The maximum absolute atomic E-state index is 3.65. The second-order valence-electron chi connectivity index (χ2n) is 10.7. The number of aromatic amines is 2. The number of hydrogen-bond donors (Lipinski definition) is 2. The zero-order chi connectivity index (χ0) is 26.2. The third-order valence-corrected chi connectivity index (χ3v) is 8.52. The first-order valence-electron chi connectivity index (χ1n) is 13.8. The molecule has 0 aliphatic carbocycles. The highest BCUT2D eigenvalue weighted by atomic mass is 14.7. The van der Waals surface area contributed by atoms with E-state index in [2.05, 4.69) is 143 Å². The molecule has 2 heteroatoms. The topological polar surface area (TPSA) is 31.6 Å². The molecule has 0 atom stereocenters. The molecule has 0 spiro atoms. The number of para-hydroxylation sites is 2. The largest absolute Gasteiger partial charge is 0.354 e. The van der Waals surface area contributed by atoms with Gasteiger partial charge in [-0.25, -0.2) is 0 Å². The zero-order valence-electron chi connectivity index (χ0n) is 21.7. The van der Waals surface area contributed by atoms with E-state index in [1.165, 1.54) is 87.4 Å². The fourth-order valence-corrected chi connectivity index (χ4v) is 6.77. The second-order valence-corrected chi connectivity index (χ2v) is 10.7. The zero-order valence-corrected chi connectivity index (χ0v) is 21.7. The van der Waals surface area contributed by atoms with E-state index in [9.17, 15) is 0 Å².